The Morgan fingerprint density at radius 3 is 2.62 bits per heavy atom. The summed E-state index contributed by atoms with van der Waals surface area (Å²) in [6.07, 6.45) is 2.44. The number of hydrogen-bond acceptors (Lipinski definition) is 2. The summed E-state index contributed by atoms with van der Waals surface area (Å²) in [7, 11) is 0. The first-order chi connectivity index (χ1) is 7.59. The molecule has 0 aliphatic heterocycles. The summed E-state index contributed by atoms with van der Waals surface area (Å²) in [6, 6.07) is 5.54. The van der Waals surface area contributed by atoms with Gasteiger partial charge in [-0.1, -0.05) is 17.7 Å². The smallest absolute Gasteiger partial charge is 0.107 e. The van der Waals surface area contributed by atoms with Crippen molar-refractivity contribution in [2.24, 2.45) is 0 Å². The molecule has 0 radical (unpaired) electrons. The zero-order chi connectivity index (χ0) is 11.7. The SMILES string of the molecule is Cc1cc(C(O)c2ccoc2)c(C)cc1Cl. The molecule has 0 saturated heterocycles. The average Bonchev–Trinajstić information content (AvgIpc) is 2.75. The molecule has 16 heavy (non-hydrogen) atoms. The first kappa shape index (κ1) is 11.2. The molecule has 0 spiro atoms. The number of aryl methyl sites for hydroxylation is 2. The van der Waals surface area contributed by atoms with Crippen LogP contribution in [0.2, 0.25) is 5.02 Å². The van der Waals surface area contributed by atoms with Gasteiger partial charge in [-0.15, -0.1) is 0 Å². The molecule has 2 nitrogen and oxygen atoms in total. The zero-order valence-corrected chi connectivity index (χ0v) is 9.95. The largest absolute Gasteiger partial charge is 0.472 e. The predicted octanol–water partition coefficient (Wildman–Crippen LogP) is 3.63. The van der Waals surface area contributed by atoms with E-state index in [1.165, 1.54) is 0 Å². The van der Waals surface area contributed by atoms with Crippen LogP contribution in [0.1, 0.15) is 28.4 Å². The molecule has 1 N–H and O–H groups in total. The second-order valence-corrected chi connectivity index (χ2v) is 4.32. The zero-order valence-electron chi connectivity index (χ0n) is 9.20. The molecule has 2 aromatic rings. The van der Waals surface area contributed by atoms with Crippen LogP contribution in [0, 0.1) is 13.8 Å². The highest BCUT2D eigenvalue weighted by atomic mass is 35.5. The first-order valence-electron chi connectivity index (χ1n) is 5.06. The monoisotopic (exact) mass is 236 g/mol. The van der Waals surface area contributed by atoms with Gasteiger partial charge in [0, 0.05) is 10.6 Å². The molecule has 0 fully saturated rings. The fourth-order valence-electron chi connectivity index (χ4n) is 1.71. The Kier molecular flexibility index (Phi) is 3.03. The summed E-state index contributed by atoms with van der Waals surface area (Å²) < 4.78 is 4.96. The molecule has 1 heterocycles. The van der Waals surface area contributed by atoms with Crippen LogP contribution in [0.5, 0.6) is 0 Å². The van der Waals surface area contributed by atoms with E-state index in [2.05, 4.69) is 0 Å². The van der Waals surface area contributed by atoms with Gasteiger partial charge in [0.1, 0.15) is 6.10 Å². The lowest BCUT2D eigenvalue weighted by Gasteiger charge is -2.13. The van der Waals surface area contributed by atoms with Crippen molar-refractivity contribution in [2.45, 2.75) is 20.0 Å². The van der Waals surface area contributed by atoms with Crippen LogP contribution in [-0.4, -0.2) is 5.11 Å². The number of hydrogen-bond donors (Lipinski definition) is 1. The predicted molar refractivity (Wildman–Crippen MR) is 63.7 cm³/mol. The summed E-state index contributed by atoms with van der Waals surface area (Å²) >= 11 is 6.02. The first-order valence-corrected chi connectivity index (χ1v) is 5.44. The second-order valence-electron chi connectivity index (χ2n) is 3.92. The maximum Gasteiger partial charge on any atom is 0.107 e. The van der Waals surface area contributed by atoms with Gasteiger partial charge in [0.15, 0.2) is 0 Å². The Morgan fingerprint density at radius 2 is 2.00 bits per heavy atom. The molecule has 2 rings (SSSR count). The molecular weight excluding hydrogens is 224 g/mol. The second kappa shape index (κ2) is 4.32. The molecule has 0 aliphatic rings. The van der Waals surface area contributed by atoms with E-state index in [0.717, 1.165) is 27.3 Å². The van der Waals surface area contributed by atoms with E-state index >= 15 is 0 Å². The molecule has 1 aromatic carbocycles. The minimum absolute atomic E-state index is 0.658. The van der Waals surface area contributed by atoms with Crippen LogP contribution in [-0.2, 0) is 0 Å². The van der Waals surface area contributed by atoms with Gasteiger partial charge in [-0.25, -0.2) is 0 Å². The van der Waals surface area contributed by atoms with Gasteiger partial charge in [-0.05, 0) is 42.7 Å². The topological polar surface area (TPSA) is 33.4 Å². The van der Waals surface area contributed by atoms with Crippen LogP contribution >= 0.6 is 11.6 Å². The van der Waals surface area contributed by atoms with Crippen molar-refractivity contribution in [1.29, 1.82) is 0 Å². The van der Waals surface area contributed by atoms with Gasteiger partial charge >= 0.3 is 0 Å². The van der Waals surface area contributed by atoms with E-state index in [9.17, 15) is 5.11 Å². The van der Waals surface area contributed by atoms with E-state index in [1.807, 2.05) is 26.0 Å². The van der Waals surface area contributed by atoms with Crippen molar-refractivity contribution in [2.75, 3.05) is 0 Å². The molecule has 84 valence electrons. The lowest BCUT2D eigenvalue weighted by atomic mass is 9.97. The normalized spacial score (nSPS) is 12.8. The van der Waals surface area contributed by atoms with Gasteiger partial charge in [0.2, 0.25) is 0 Å². The van der Waals surface area contributed by atoms with Crippen LogP contribution in [0.4, 0.5) is 0 Å². The molecular formula is C13H13ClO2. The summed E-state index contributed by atoms with van der Waals surface area (Å²) in [5, 5.41) is 10.9. The fraction of sp³-hybridized carbons (Fsp3) is 0.231. The summed E-state index contributed by atoms with van der Waals surface area (Å²) in [5.41, 5.74) is 3.56. The van der Waals surface area contributed by atoms with E-state index in [1.54, 1.807) is 18.6 Å². The van der Waals surface area contributed by atoms with E-state index in [-0.39, 0.29) is 0 Å². The molecule has 3 heteroatoms. The highest BCUT2D eigenvalue weighted by Crippen LogP contribution is 2.29. The number of halogens is 1. The summed E-state index contributed by atoms with van der Waals surface area (Å²) in [4.78, 5) is 0. The molecule has 1 unspecified atom stereocenters. The minimum Gasteiger partial charge on any atom is -0.472 e. The van der Waals surface area contributed by atoms with Gasteiger partial charge in [0.25, 0.3) is 0 Å². The standard InChI is InChI=1S/C13H13ClO2/c1-8-6-12(14)9(2)5-11(8)13(15)10-3-4-16-7-10/h3-7,13,15H,1-2H3. The minimum atomic E-state index is -0.658. The van der Waals surface area contributed by atoms with E-state index in [4.69, 9.17) is 16.0 Å². The molecule has 0 bridgehead atoms. The maximum absolute atomic E-state index is 10.2. The Balaban J connectivity index is 2.44. The third-order valence-corrected chi connectivity index (χ3v) is 3.11. The van der Waals surface area contributed by atoms with Gasteiger partial charge in [-0.2, -0.15) is 0 Å². The van der Waals surface area contributed by atoms with Crippen molar-refractivity contribution in [1.82, 2.24) is 0 Å². The third kappa shape index (κ3) is 1.99. The van der Waals surface area contributed by atoms with Crippen LogP contribution < -0.4 is 0 Å². The molecule has 0 saturated carbocycles. The van der Waals surface area contributed by atoms with Crippen molar-refractivity contribution >= 4 is 11.6 Å². The van der Waals surface area contributed by atoms with Crippen LogP contribution in [0.3, 0.4) is 0 Å². The van der Waals surface area contributed by atoms with Crippen LogP contribution in [0.15, 0.2) is 35.1 Å². The third-order valence-electron chi connectivity index (χ3n) is 2.70. The quantitative estimate of drug-likeness (QED) is 0.864. The van der Waals surface area contributed by atoms with Crippen molar-refractivity contribution in [3.63, 3.8) is 0 Å². The fourth-order valence-corrected chi connectivity index (χ4v) is 1.93. The van der Waals surface area contributed by atoms with Gasteiger partial charge in [0.05, 0.1) is 12.5 Å². The van der Waals surface area contributed by atoms with E-state index in [0.29, 0.717) is 0 Å². The van der Waals surface area contributed by atoms with Crippen LogP contribution in [0.25, 0.3) is 0 Å². The lowest BCUT2D eigenvalue weighted by Crippen LogP contribution is -2.01. The van der Waals surface area contributed by atoms with Gasteiger partial charge < -0.3 is 9.52 Å². The van der Waals surface area contributed by atoms with Gasteiger partial charge in [-0.3, -0.25) is 0 Å². The van der Waals surface area contributed by atoms with Crippen molar-refractivity contribution in [3.8, 4) is 0 Å². The number of aliphatic hydroxyl groups excluding tert-OH is 1. The van der Waals surface area contributed by atoms with Crippen molar-refractivity contribution < 1.29 is 9.52 Å². The number of furan rings is 1. The molecule has 0 aliphatic carbocycles. The average molecular weight is 237 g/mol. The summed E-state index contributed by atoms with van der Waals surface area (Å²) in [5.74, 6) is 0. The maximum atomic E-state index is 10.2. The van der Waals surface area contributed by atoms with Crippen molar-refractivity contribution in [3.05, 3.63) is 58.0 Å². The highest BCUT2D eigenvalue weighted by Gasteiger charge is 2.15. The van der Waals surface area contributed by atoms with E-state index < -0.39 is 6.10 Å². The Bertz CT molecular complexity index is 489. The Labute approximate surface area is 99.5 Å². The molecule has 1 atom stereocenters. The number of benzene rings is 1. The lowest BCUT2D eigenvalue weighted by molar-refractivity contribution is 0.218. The number of rotatable bonds is 2. The number of aliphatic hydroxyl groups is 1. The molecule has 1 aromatic heterocycles. The Morgan fingerprint density at radius 1 is 1.25 bits per heavy atom. The highest BCUT2D eigenvalue weighted by molar-refractivity contribution is 6.31. The summed E-state index contributed by atoms with van der Waals surface area (Å²) in [6.45, 7) is 3.86. The molecule has 0 amide bonds. The Hall–Kier alpha value is -1.25.